The Morgan fingerprint density at radius 1 is 1.06 bits per heavy atom. The van der Waals surface area contributed by atoms with Gasteiger partial charge in [-0.05, 0) is 25.3 Å². The summed E-state index contributed by atoms with van der Waals surface area (Å²) in [6, 6.07) is 0. The summed E-state index contributed by atoms with van der Waals surface area (Å²) in [6.07, 6.45) is 17.5. The lowest BCUT2D eigenvalue weighted by Gasteiger charge is -1.90. The summed E-state index contributed by atoms with van der Waals surface area (Å²) in [6.45, 7) is 5.31. The van der Waals surface area contributed by atoms with E-state index in [1.165, 1.54) is 12.2 Å². The average molecular weight is 268 g/mol. The van der Waals surface area contributed by atoms with Crippen LogP contribution in [-0.2, 0) is 10.1 Å². The van der Waals surface area contributed by atoms with Gasteiger partial charge in [0.15, 0.2) is 0 Å². The predicted octanol–water partition coefficient (Wildman–Crippen LogP) is 3.80. The highest BCUT2D eigenvalue weighted by molar-refractivity contribution is 7.90. The van der Waals surface area contributed by atoms with Crippen LogP contribution in [0.4, 0.5) is 0 Å². The highest BCUT2D eigenvalue weighted by Gasteiger charge is 2.05. The zero-order valence-corrected chi connectivity index (χ0v) is 11.4. The van der Waals surface area contributed by atoms with Gasteiger partial charge in [-0.3, -0.25) is 4.55 Å². The molecule has 0 aliphatic rings. The minimum absolute atomic E-state index is 0.313. The van der Waals surface area contributed by atoms with E-state index in [9.17, 15) is 8.42 Å². The molecule has 0 bridgehead atoms. The van der Waals surface area contributed by atoms with Crippen LogP contribution in [0.25, 0.3) is 0 Å². The molecular formula is C14H20O3S. The van der Waals surface area contributed by atoms with Gasteiger partial charge in [-0.2, -0.15) is 8.42 Å². The van der Waals surface area contributed by atoms with Crippen molar-refractivity contribution >= 4 is 10.1 Å². The second kappa shape index (κ2) is 9.62. The minimum atomic E-state index is -4.15. The monoisotopic (exact) mass is 268 g/mol. The van der Waals surface area contributed by atoms with Crippen LogP contribution in [0, 0.1) is 0 Å². The van der Waals surface area contributed by atoms with E-state index in [2.05, 4.69) is 31.7 Å². The third-order valence-electron chi connectivity index (χ3n) is 1.97. The molecule has 0 atom stereocenters. The summed E-state index contributed by atoms with van der Waals surface area (Å²) in [5, 5.41) is 0. The van der Waals surface area contributed by atoms with E-state index in [1.54, 1.807) is 6.08 Å². The lowest BCUT2D eigenvalue weighted by atomic mass is 10.3. The van der Waals surface area contributed by atoms with Gasteiger partial charge in [-0.25, -0.2) is 0 Å². The minimum Gasteiger partial charge on any atom is -0.282 e. The van der Waals surface area contributed by atoms with Crippen LogP contribution in [0.2, 0.25) is 0 Å². The molecule has 0 aromatic rings. The van der Waals surface area contributed by atoms with Crippen molar-refractivity contribution in [3.63, 3.8) is 0 Å². The molecule has 0 heterocycles. The quantitative estimate of drug-likeness (QED) is 0.414. The molecule has 100 valence electrons. The van der Waals surface area contributed by atoms with E-state index in [0.29, 0.717) is 0 Å². The van der Waals surface area contributed by atoms with Crippen LogP contribution in [0.15, 0.2) is 60.1 Å². The fraction of sp³-hybridized carbons (Fsp3) is 0.286. The Balaban J connectivity index is 3.89. The van der Waals surface area contributed by atoms with Crippen molar-refractivity contribution in [2.75, 3.05) is 0 Å². The Kier molecular flexibility index (Phi) is 8.88. The van der Waals surface area contributed by atoms with Crippen molar-refractivity contribution in [1.29, 1.82) is 0 Å². The van der Waals surface area contributed by atoms with E-state index >= 15 is 0 Å². The Hall–Kier alpha value is -1.39. The Morgan fingerprint density at radius 3 is 2.17 bits per heavy atom. The van der Waals surface area contributed by atoms with Gasteiger partial charge in [0, 0.05) is 0 Å². The summed E-state index contributed by atoms with van der Waals surface area (Å²) >= 11 is 0. The van der Waals surface area contributed by atoms with Gasteiger partial charge in [0.1, 0.15) is 0 Å². The van der Waals surface area contributed by atoms with E-state index < -0.39 is 10.1 Å². The van der Waals surface area contributed by atoms with Crippen LogP contribution in [0.3, 0.4) is 0 Å². The number of rotatable bonds is 8. The molecule has 0 saturated heterocycles. The maximum Gasteiger partial charge on any atom is 0.293 e. The Labute approximate surface area is 110 Å². The van der Waals surface area contributed by atoms with Crippen molar-refractivity contribution < 1.29 is 13.0 Å². The highest BCUT2D eigenvalue weighted by Crippen LogP contribution is 2.02. The summed E-state index contributed by atoms with van der Waals surface area (Å²) in [5.41, 5.74) is 0. The molecule has 0 aromatic carbocycles. The van der Waals surface area contributed by atoms with E-state index in [1.807, 2.05) is 12.2 Å². The molecule has 3 nitrogen and oxygen atoms in total. The van der Waals surface area contributed by atoms with E-state index in [0.717, 1.165) is 19.3 Å². The molecule has 0 spiro atoms. The second-order valence-corrected chi connectivity index (χ2v) is 5.03. The van der Waals surface area contributed by atoms with Crippen molar-refractivity contribution in [3.05, 3.63) is 60.1 Å². The standard InChI is InChI=1S/C14H20O3S/c1-3-4-5-6-7-8-9-10-11-12-13-14(2)18(15,16)17/h4-5,7-8,10-13H,2-3,6,9H2,1H3,(H,15,16,17)/b5-4-,8-7+,11-10-,13-12-. The molecule has 0 rings (SSSR count). The molecule has 1 N–H and O–H groups in total. The molecule has 0 aromatic heterocycles. The molecule has 18 heavy (non-hydrogen) atoms. The maximum absolute atomic E-state index is 10.6. The first kappa shape index (κ1) is 16.6. The van der Waals surface area contributed by atoms with Crippen molar-refractivity contribution in [2.45, 2.75) is 26.2 Å². The van der Waals surface area contributed by atoms with Gasteiger partial charge < -0.3 is 0 Å². The van der Waals surface area contributed by atoms with Gasteiger partial charge in [0.05, 0.1) is 4.91 Å². The van der Waals surface area contributed by atoms with E-state index in [-0.39, 0.29) is 4.91 Å². The fourth-order valence-corrected chi connectivity index (χ4v) is 1.27. The average Bonchev–Trinajstić information content (AvgIpc) is 2.30. The molecule has 4 heteroatoms. The highest BCUT2D eigenvalue weighted by atomic mass is 32.2. The van der Waals surface area contributed by atoms with Crippen LogP contribution in [0.5, 0.6) is 0 Å². The van der Waals surface area contributed by atoms with Gasteiger partial charge in [0.2, 0.25) is 0 Å². The topological polar surface area (TPSA) is 54.4 Å². The first-order chi connectivity index (χ1) is 8.48. The lowest BCUT2D eigenvalue weighted by Crippen LogP contribution is -1.96. The van der Waals surface area contributed by atoms with Crippen LogP contribution < -0.4 is 0 Å². The van der Waals surface area contributed by atoms with E-state index in [4.69, 9.17) is 4.55 Å². The molecule has 0 unspecified atom stereocenters. The largest absolute Gasteiger partial charge is 0.293 e. The SMILES string of the molecule is C=C(/C=C\C=C/C/C=C/C/C=C\CC)S(=O)(=O)O. The van der Waals surface area contributed by atoms with Gasteiger partial charge in [0.25, 0.3) is 10.1 Å². The molecule has 0 fully saturated rings. The second-order valence-electron chi connectivity index (χ2n) is 3.55. The molecule has 0 aliphatic heterocycles. The summed E-state index contributed by atoms with van der Waals surface area (Å²) < 4.78 is 29.8. The van der Waals surface area contributed by atoms with Crippen molar-refractivity contribution in [3.8, 4) is 0 Å². The van der Waals surface area contributed by atoms with Crippen molar-refractivity contribution in [2.24, 2.45) is 0 Å². The fourth-order valence-electron chi connectivity index (χ4n) is 1.02. The van der Waals surface area contributed by atoms with Gasteiger partial charge in [-0.1, -0.05) is 56.0 Å². The third-order valence-corrected chi connectivity index (χ3v) is 2.77. The smallest absolute Gasteiger partial charge is 0.282 e. The molecule has 0 amide bonds. The summed E-state index contributed by atoms with van der Waals surface area (Å²) in [7, 11) is -4.15. The number of allylic oxidation sites excluding steroid dienone is 8. The maximum atomic E-state index is 10.6. The Bertz CT molecular complexity index is 451. The van der Waals surface area contributed by atoms with Gasteiger partial charge >= 0.3 is 0 Å². The molecule has 0 aliphatic carbocycles. The third kappa shape index (κ3) is 9.81. The molecule has 0 radical (unpaired) electrons. The normalized spacial score (nSPS) is 13.4. The molecule has 0 saturated carbocycles. The number of hydrogen-bond acceptors (Lipinski definition) is 2. The predicted molar refractivity (Wildman–Crippen MR) is 76.8 cm³/mol. The van der Waals surface area contributed by atoms with Crippen LogP contribution in [0.1, 0.15) is 26.2 Å². The molecular weight excluding hydrogens is 248 g/mol. The van der Waals surface area contributed by atoms with Crippen molar-refractivity contribution in [1.82, 2.24) is 0 Å². The zero-order valence-electron chi connectivity index (χ0n) is 10.6. The van der Waals surface area contributed by atoms with Crippen LogP contribution >= 0.6 is 0 Å². The first-order valence-electron chi connectivity index (χ1n) is 5.78. The summed E-state index contributed by atoms with van der Waals surface area (Å²) in [4.78, 5) is -0.313. The zero-order chi connectivity index (χ0) is 13.9. The van der Waals surface area contributed by atoms with Gasteiger partial charge in [-0.15, -0.1) is 0 Å². The van der Waals surface area contributed by atoms with Crippen LogP contribution in [-0.4, -0.2) is 13.0 Å². The first-order valence-corrected chi connectivity index (χ1v) is 7.22. The number of hydrogen-bond donors (Lipinski definition) is 1. The Morgan fingerprint density at radius 2 is 1.61 bits per heavy atom. The lowest BCUT2D eigenvalue weighted by molar-refractivity contribution is 0.492. The summed E-state index contributed by atoms with van der Waals surface area (Å²) in [5.74, 6) is 0.